The van der Waals surface area contributed by atoms with Gasteiger partial charge in [-0.2, -0.15) is 0 Å². The van der Waals surface area contributed by atoms with E-state index in [-0.39, 0.29) is 0 Å². The monoisotopic (exact) mass is 802 g/mol. The zero-order valence-electron chi connectivity index (χ0n) is 34.2. The standard InChI is InChI=1S/C60H38N2O/c1-2-12-46(13-3-1)62-57-36-44(26-33-52(57)55-35-25-42-11-5-7-15-51(42)60(55)62)39-20-28-47(29-21-39)61(49-32-24-43-19-18-41-10-4-6-14-50(41)56(43)38-49)48-30-22-40(23-31-48)45-27-34-54-53-16-8-9-17-58(53)63-59(54)37-45/h1-38H. The van der Waals surface area contributed by atoms with E-state index in [1.807, 2.05) is 12.1 Å². The van der Waals surface area contributed by atoms with Crippen molar-refractivity contribution in [2.75, 3.05) is 4.90 Å². The smallest absolute Gasteiger partial charge is 0.136 e. The normalized spacial score (nSPS) is 11.8. The van der Waals surface area contributed by atoms with E-state index in [4.69, 9.17) is 4.42 Å². The van der Waals surface area contributed by atoms with Crippen LogP contribution in [0.15, 0.2) is 235 Å². The van der Waals surface area contributed by atoms with Gasteiger partial charge >= 0.3 is 0 Å². The molecule has 2 aromatic heterocycles. The summed E-state index contributed by atoms with van der Waals surface area (Å²) < 4.78 is 8.71. The van der Waals surface area contributed by atoms with Crippen molar-refractivity contribution in [3.63, 3.8) is 0 Å². The Morgan fingerprint density at radius 2 is 0.810 bits per heavy atom. The van der Waals surface area contributed by atoms with Crippen LogP contribution in [0.4, 0.5) is 17.1 Å². The maximum atomic E-state index is 6.27. The average molecular weight is 803 g/mol. The molecule has 0 spiro atoms. The highest BCUT2D eigenvalue weighted by Crippen LogP contribution is 2.42. The molecule has 3 heteroatoms. The molecule has 0 bridgehead atoms. The van der Waals surface area contributed by atoms with E-state index in [1.54, 1.807) is 0 Å². The Morgan fingerprint density at radius 3 is 1.56 bits per heavy atom. The fourth-order valence-electron chi connectivity index (χ4n) is 9.89. The number of nitrogens with zero attached hydrogens (tertiary/aromatic N) is 2. The van der Waals surface area contributed by atoms with Gasteiger partial charge < -0.3 is 13.9 Å². The lowest BCUT2D eigenvalue weighted by molar-refractivity contribution is 0.669. The molecule has 0 aliphatic heterocycles. The lowest BCUT2D eigenvalue weighted by Crippen LogP contribution is -2.09. The van der Waals surface area contributed by atoms with Gasteiger partial charge in [0.05, 0.1) is 11.0 Å². The van der Waals surface area contributed by atoms with Crippen molar-refractivity contribution in [2.45, 2.75) is 0 Å². The van der Waals surface area contributed by atoms with Crippen LogP contribution in [-0.4, -0.2) is 4.57 Å². The molecule has 0 aliphatic rings. The summed E-state index contributed by atoms with van der Waals surface area (Å²) in [6.07, 6.45) is 0. The highest BCUT2D eigenvalue weighted by molar-refractivity contribution is 6.19. The van der Waals surface area contributed by atoms with Gasteiger partial charge in [-0.1, -0.05) is 158 Å². The molecule has 0 unspecified atom stereocenters. The fourth-order valence-corrected chi connectivity index (χ4v) is 9.89. The second-order valence-electron chi connectivity index (χ2n) is 16.5. The van der Waals surface area contributed by atoms with Gasteiger partial charge in [-0.15, -0.1) is 0 Å². The van der Waals surface area contributed by atoms with Crippen molar-refractivity contribution in [1.29, 1.82) is 0 Å². The van der Waals surface area contributed by atoms with E-state index in [0.29, 0.717) is 0 Å². The van der Waals surface area contributed by atoms with Gasteiger partial charge in [0.25, 0.3) is 0 Å². The Morgan fingerprint density at radius 1 is 0.302 bits per heavy atom. The summed E-state index contributed by atoms with van der Waals surface area (Å²) in [7, 11) is 0. The molecule has 0 saturated heterocycles. The van der Waals surface area contributed by atoms with Crippen molar-refractivity contribution < 1.29 is 4.42 Å². The van der Waals surface area contributed by atoms with E-state index in [0.717, 1.165) is 61.4 Å². The van der Waals surface area contributed by atoms with Crippen LogP contribution < -0.4 is 4.90 Å². The van der Waals surface area contributed by atoms with Crippen LogP contribution in [0.2, 0.25) is 0 Å². The number of rotatable bonds is 6. The van der Waals surface area contributed by atoms with Crippen LogP contribution in [0.3, 0.4) is 0 Å². The predicted molar refractivity (Wildman–Crippen MR) is 266 cm³/mol. The molecule has 63 heavy (non-hydrogen) atoms. The minimum atomic E-state index is 0.900. The third-order valence-electron chi connectivity index (χ3n) is 13.0. The van der Waals surface area contributed by atoms with Gasteiger partial charge in [-0.3, -0.25) is 0 Å². The topological polar surface area (TPSA) is 21.3 Å². The number of para-hydroxylation sites is 2. The molecule has 0 radical (unpaired) electrons. The second kappa shape index (κ2) is 14.1. The Balaban J connectivity index is 0.929. The van der Waals surface area contributed by atoms with E-state index in [2.05, 4.69) is 228 Å². The summed E-state index contributed by atoms with van der Waals surface area (Å²) in [5, 5.41) is 12.2. The van der Waals surface area contributed by atoms with Crippen LogP contribution in [0.1, 0.15) is 0 Å². The van der Waals surface area contributed by atoms with Gasteiger partial charge in [0.15, 0.2) is 0 Å². The van der Waals surface area contributed by atoms with Crippen molar-refractivity contribution in [3.05, 3.63) is 231 Å². The Labute approximate surface area is 363 Å². The van der Waals surface area contributed by atoms with Crippen LogP contribution in [0.25, 0.3) is 104 Å². The van der Waals surface area contributed by atoms with E-state index < -0.39 is 0 Å². The third kappa shape index (κ3) is 5.75. The van der Waals surface area contributed by atoms with Crippen molar-refractivity contribution in [1.82, 2.24) is 4.57 Å². The van der Waals surface area contributed by atoms with Crippen molar-refractivity contribution >= 4 is 93.1 Å². The highest BCUT2D eigenvalue weighted by atomic mass is 16.3. The highest BCUT2D eigenvalue weighted by Gasteiger charge is 2.18. The van der Waals surface area contributed by atoms with E-state index in [1.165, 1.54) is 59.7 Å². The first-order chi connectivity index (χ1) is 31.2. The Bertz CT molecular complexity index is 3900. The van der Waals surface area contributed by atoms with Gasteiger partial charge in [0.2, 0.25) is 0 Å². The lowest BCUT2D eigenvalue weighted by atomic mass is 10.00. The molecule has 0 atom stereocenters. The average Bonchev–Trinajstić information content (AvgIpc) is 3.90. The number of benzene rings is 11. The number of hydrogen-bond acceptors (Lipinski definition) is 2. The lowest BCUT2D eigenvalue weighted by Gasteiger charge is -2.26. The summed E-state index contributed by atoms with van der Waals surface area (Å²) in [6.45, 7) is 0. The molecular weight excluding hydrogens is 765 g/mol. The maximum absolute atomic E-state index is 6.27. The summed E-state index contributed by atoms with van der Waals surface area (Å²) in [5.74, 6) is 0. The molecular formula is C60H38N2O. The number of aromatic nitrogens is 1. The zero-order chi connectivity index (χ0) is 41.4. The largest absolute Gasteiger partial charge is 0.456 e. The molecule has 294 valence electrons. The van der Waals surface area contributed by atoms with Crippen LogP contribution >= 0.6 is 0 Å². The molecule has 0 aliphatic carbocycles. The predicted octanol–water partition coefficient (Wildman–Crippen LogP) is 16.9. The van der Waals surface area contributed by atoms with E-state index in [9.17, 15) is 0 Å². The first kappa shape index (κ1) is 35.4. The maximum Gasteiger partial charge on any atom is 0.136 e. The van der Waals surface area contributed by atoms with Crippen LogP contribution in [0, 0.1) is 0 Å². The van der Waals surface area contributed by atoms with Crippen LogP contribution in [0.5, 0.6) is 0 Å². The summed E-state index contributed by atoms with van der Waals surface area (Å²) in [6, 6.07) is 83.6. The van der Waals surface area contributed by atoms with Crippen molar-refractivity contribution in [3.8, 4) is 27.9 Å². The minimum absolute atomic E-state index is 0.900. The Hall–Kier alpha value is -8.40. The quantitative estimate of drug-likeness (QED) is 0.156. The first-order valence-electron chi connectivity index (χ1n) is 21.6. The van der Waals surface area contributed by atoms with E-state index >= 15 is 0 Å². The summed E-state index contributed by atoms with van der Waals surface area (Å²) >= 11 is 0. The molecule has 2 heterocycles. The number of furan rings is 1. The molecule has 0 fully saturated rings. The van der Waals surface area contributed by atoms with Crippen LogP contribution in [-0.2, 0) is 0 Å². The first-order valence-corrected chi connectivity index (χ1v) is 21.6. The number of fused-ring (bicyclic) bond motifs is 11. The van der Waals surface area contributed by atoms with Gasteiger partial charge in [-0.05, 0) is 122 Å². The molecule has 0 N–H and O–H groups in total. The number of anilines is 3. The summed E-state index contributed by atoms with van der Waals surface area (Å²) in [5.41, 5.74) is 13.3. The molecule has 0 saturated carbocycles. The van der Waals surface area contributed by atoms with Gasteiger partial charge in [0, 0.05) is 49.7 Å². The molecule has 13 aromatic rings. The van der Waals surface area contributed by atoms with Crippen molar-refractivity contribution in [2.24, 2.45) is 0 Å². The zero-order valence-corrected chi connectivity index (χ0v) is 34.2. The minimum Gasteiger partial charge on any atom is -0.456 e. The number of hydrogen-bond donors (Lipinski definition) is 0. The molecule has 11 aromatic carbocycles. The molecule has 0 amide bonds. The second-order valence-corrected chi connectivity index (χ2v) is 16.5. The SMILES string of the molecule is c1ccc(-n2c3cc(-c4ccc(N(c5ccc(-c6ccc7c(c6)oc6ccccc67)cc5)c5ccc6ccc7ccccc7c6c5)cc4)ccc3c3ccc4ccccc4c32)cc1. The summed E-state index contributed by atoms with van der Waals surface area (Å²) in [4.78, 5) is 2.37. The Kier molecular flexibility index (Phi) is 7.91. The van der Waals surface area contributed by atoms with Gasteiger partial charge in [-0.25, -0.2) is 0 Å². The fraction of sp³-hybridized carbons (Fsp3) is 0. The molecule has 3 nitrogen and oxygen atoms in total. The van der Waals surface area contributed by atoms with Gasteiger partial charge in [0.1, 0.15) is 11.2 Å². The molecule has 13 rings (SSSR count). The third-order valence-corrected chi connectivity index (χ3v) is 13.0.